The fourth-order valence-electron chi connectivity index (χ4n) is 3.69. The van der Waals surface area contributed by atoms with E-state index in [1.165, 1.54) is 19.3 Å². The van der Waals surface area contributed by atoms with E-state index in [0.29, 0.717) is 17.8 Å². The van der Waals surface area contributed by atoms with E-state index in [9.17, 15) is 9.59 Å². The maximum atomic E-state index is 12.7. The van der Waals surface area contributed by atoms with Crippen LogP contribution in [0.15, 0.2) is 0 Å². The number of carbonyl (C=O) groups is 2. The van der Waals surface area contributed by atoms with Gasteiger partial charge in [-0.2, -0.15) is 11.8 Å². The van der Waals surface area contributed by atoms with Gasteiger partial charge in [0.1, 0.15) is 0 Å². The number of hydrogen-bond acceptors (Lipinski definition) is 3. The minimum atomic E-state index is -0.369. The van der Waals surface area contributed by atoms with Crippen molar-refractivity contribution in [3.63, 3.8) is 0 Å². The van der Waals surface area contributed by atoms with Gasteiger partial charge in [0, 0.05) is 29.8 Å². The molecule has 1 saturated heterocycles. The highest BCUT2D eigenvalue weighted by atomic mass is 32.2. The van der Waals surface area contributed by atoms with Gasteiger partial charge in [-0.05, 0) is 31.9 Å². The first-order valence-electron chi connectivity index (χ1n) is 8.95. The lowest BCUT2D eigenvalue weighted by Crippen LogP contribution is -2.51. The van der Waals surface area contributed by atoms with Crippen molar-refractivity contribution in [2.45, 2.75) is 70.6 Å². The van der Waals surface area contributed by atoms with Gasteiger partial charge in [0.05, 0.1) is 5.92 Å². The monoisotopic (exact) mass is 340 g/mol. The average molecular weight is 341 g/mol. The first kappa shape index (κ1) is 18.6. The highest BCUT2D eigenvalue weighted by Gasteiger charge is 2.35. The van der Waals surface area contributed by atoms with Gasteiger partial charge in [0.25, 0.3) is 0 Å². The van der Waals surface area contributed by atoms with Crippen LogP contribution in [-0.2, 0) is 9.59 Å². The van der Waals surface area contributed by atoms with Crippen molar-refractivity contribution in [1.29, 1.82) is 0 Å². The van der Waals surface area contributed by atoms with E-state index in [-0.39, 0.29) is 23.1 Å². The molecule has 0 unspecified atom stereocenters. The van der Waals surface area contributed by atoms with Gasteiger partial charge < -0.3 is 10.2 Å². The Morgan fingerprint density at radius 1 is 1.09 bits per heavy atom. The van der Waals surface area contributed by atoms with Crippen LogP contribution in [0.4, 0.5) is 0 Å². The molecule has 1 saturated carbocycles. The van der Waals surface area contributed by atoms with Crippen LogP contribution < -0.4 is 5.32 Å². The van der Waals surface area contributed by atoms with E-state index >= 15 is 0 Å². The topological polar surface area (TPSA) is 49.4 Å². The number of likely N-dealkylation sites (tertiary alicyclic amines) is 1. The van der Waals surface area contributed by atoms with Gasteiger partial charge in [0.2, 0.25) is 11.8 Å². The molecule has 2 fully saturated rings. The lowest BCUT2D eigenvalue weighted by Gasteiger charge is -2.37. The van der Waals surface area contributed by atoms with Crippen molar-refractivity contribution < 1.29 is 9.59 Å². The number of nitrogens with one attached hydrogen (secondary N) is 1. The third-order valence-corrected chi connectivity index (χ3v) is 6.22. The van der Waals surface area contributed by atoms with Crippen LogP contribution >= 0.6 is 11.8 Å². The van der Waals surface area contributed by atoms with Crippen LogP contribution in [0.25, 0.3) is 0 Å². The molecule has 0 radical (unpaired) electrons. The van der Waals surface area contributed by atoms with Gasteiger partial charge in [-0.3, -0.25) is 9.59 Å². The van der Waals surface area contributed by atoms with Gasteiger partial charge in [-0.25, -0.2) is 0 Å². The standard InChI is InChI=1S/C18H32N2O2S/c1-18(2,3)17(22)20-11-7-8-13(12-20)16(21)19-14-9-5-6-10-15(14)23-4/h13-15H,5-12H2,1-4H3,(H,19,21)/t13-,14-,15-/m1/s1. The number of nitrogens with zero attached hydrogens (tertiary/aromatic N) is 1. The van der Waals surface area contributed by atoms with Crippen molar-refractivity contribution in [3.8, 4) is 0 Å². The minimum absolute atomic E-state index is 0.0421. The Balaban J connectivity index is 1.92. The van der Waals surface area contributed by atoms with Gasteiger partial charge >= 0.3 is 0 Å². The molecule has 0 spiro atoms. The maximum absolute atomic E-state index is 12.7. The Morgan fingerprint density at radius 2 is 1.78 bits per heavy atom. The van der Waals surface area contributed by atoms with Crippen LogP contribution in [-0.4, -0.2) is 47.4 Å². The van der Waals surface area contributed by atoms with Crippen LogP contribution in [0.2, 0.25) is 0 Å². The smallest absolute Gasteiger partial charge is 0.227 e. The van der Waals surface area contributed by atoms with Gasteiger partial charge in [-0.1, -0.05) is 33.6 Å². The summed E-state index contributed by atoms with van der Waals surface area (Å²) < 4.78 is 0. The summed E-state index contributed by atoms with van der Waals surface area (Å²) >= 11 is 1.87. The van der Waals surface area contributed by atoms with Crippen LogP contribution in [0.1, 0.15) is 59.3 Å². The van der Waals surface area contributed by atoms with Crippen LogP contribution in [0.5, 0.6) is 0 Å². The normalized spacial score (nSPS) is 29.2. The zero-order chi connectivity index (χ0) is 17.0. The minimum Gasteiger partial charge on any atom is -0.352 e. The first-order chi connectivity index (χ1) is 10.8. The van der Waals surface area contributed by atoms with Crippen molar-refractivity contribution >= 4 is 23.6 Å². The Morgan fingerprint density at radius 3 is 2.43 bits per heavy atom. The van der Waals surface area contributed by atoms with E-state index in [2.05, 4.69) is 11.6 Å². The van der Waals surface area contributed by atoms with E-state index in [0.717, 1.165) is 25.8 Å². The van der Waals surface area contributed by atoms with E-state index in [4.69, 9.17) is 0 Å². The number of amides is 2. The molecule has 0 aromatic rings. The molecule has 5 heteroatoms. The van der Waals surface area contributed by atoms with Gasteiger partial charge in [-0.15, -0.1) is 0 Å². The molecule has 23 heavy (non-hydrogen) atoms. The van der Waals surface area contributed by atoms with Crippen molar-refractivity contribution in [3.05, 3.63) is 0 Å². The van der Waals surface area contributed by atoms with E-state index < -0.39 is 0 Å². The summed E-state index contributed by atoms with van der Waals surface area (Å²) in [5.74, 6) is 0.275. The summed E-state index contributed by atoms with van der Waals surface area (Å²) in [5, 5.41) is 3.84. The van der Waals surface area contributed by atoms with E-state index in [1.807, 2.05) is 37.4 Å². The molecule has 0 aromatic carbocycles. The highest BCUT2D eigenvalue weighted by molar-refractivity contribution is 7.99. The van der Waals surface area contributed by atoms with Gasteiger partial charge in [0.15, 0.2) is 0 Å². The second-order valence-corrected chi connectivity index (χ2v) is 9.09. The largest absolute Gasteiger partial charge is 0.352 e. The fraction of sp³-hybridized carbons (Fsp3) is 0.889. The average Bonchev–Trinajstić information content (AvgIpc) is 2.54. The predicted octanol–water partition coefficient (Wildman–Crippen LogP) is 3.06. The summed E-state index contributed by atoms with van der Waals surface area (Å²) in [4.78, 5) is 27.0. The van der Waals surface area contributed by atoms with Crippen LogP contribution in [0.3, 0.4) is 0 Å². The molecule has 0 aromatic heterocycles. The first-order valence-corrected chi connectivity index (χ1v) is 10.2. The maximum Gasteiger partial charge on any atom is 0.227 e. The molecule has 132 valence electrons. The zero-order valence-electron chi connectivity index (χ0n) is 15.1. The molecule has 1 aliphatic heterocycles. The second-order valence-electron chi connectivity index (χ2n) is 8.01. The number of thioether (sulfide) groups is 1. The molecule has 4 nitrogen and oxygen atoms in total. The molecule has 2 rings (SSSR count). The Labute approximate surface area is 145 Å². The number of rotatable bonds is 3. The molecular formula is C18H32N2O2S. The molecule has 1 heterocycles. The highest BCUT2D eigenvalue weighted by Crippen LogP contribution is 2.28. The van der Waals surface area contributed by atoms with Crippen LogP contribution in [0, 0.1) is 11.3 Å². The fourth-order valence-corrected chi connectivity index (χ4v) is 4.63. The number of carbonyl (C=O) groups excluding carboxylic acids is 2. The Hall–Kier alpha value is -0.710. The molecule has 1 aliphatic carbocycles. The molecule has 2 amide bonds. The molecule has 0 bridgehead atoms. The summed E-state index contributed by atoms with van der Waals surface area (Å²) in [5.41, 5.74) is -0.369. The Bertz CT molecular complexity index is 433. The summed E-state index contributed by atoms with van der Waals surface area (Å²) in [6.45, 7) is 7.22. The Kier molecular flexibility index (Phi) is 6.40. The molecular weight excluding hydrogens is 308 g/mol. The summed E-state index contributed by atoms with van der Waals surface area (Å²) in [6.07, 6.45) is 8.74. The lowest BCUT2D eigenvalue weighted by molar-refractivity contribution is -0.142. The van der Waals surface area contributed by atoms with Crippen molar-refractivity contribution in [1.82, 2.24) is 10.2 Å². The quantitative estimate of drug-likeness (QED) is 0.859. The zero-order valence-corrected chi connectivity index (χ0v) is 15.9. The number of piperidine rings is 1. The summed E-state index contributed by atoms with van der Waals surface area (Å²) in [7, 11) is 0. The van der Waals surface area contributed by atoms with Crippen molar-refractivity contribution in [2.75, 3.05) is 19.3 Å². The van der Waals surface area contributed by atoms with Crippen molar-refractivity contribution in [2.24, 2.45) is 11.3 Å². The number of hydrogen-bond donors (Lipinski definition) is 1. The third kappa shape index (κ3) is 4.88. The second kappa shape index (κ2) is 7.91. The van der Waals surface area contributed by atoms with E-state index in [1.54, 1.807) is 0 Å². The predicted molar refractivity (Wildman–Crippen MR) is 96.5 cm³/mol. The lowest BCUT2D eigenvalue weighted by atomic mass is 9.90. The SMILES string of the molecule is CS[C@@H]1CCCC[C@H]1NC(=O)[C@@H]1CCCN(C(=O)C(C)(C)C)C1. The third-order valence-electron chi connectivity index (χ3n) is 5.05. The molecule has 2 aliphatic rings. The molecule has 3 atom stereocenters. The molecule has 1 N–H and O–H groups in total. The summed E-state index contributed by atoms with van der Waals surface area (Å²) in [6, 6.07) is 0.306.